The van der Waals surface area contributed by atoms with Gasteiger partial charge in [0, 0.05) is 25.5 Å². The topological polar surface area (TPSA) is 80.3 Å². The third-order valence-corrected chi connectivity index (χ3v) is 2.60. The number of imidazole rings is 1. The minimum Gasteiger partial charge on any atom is -0.478 e. The van der Waals surface area contributed by atoms with Gasteiger partial charge >= 0.3 is 5.97 Å². The van der Waals surface area contributed by atoms with Crippen LogP contribution in [0.3, 0.4) is 0 Å². The molecule has 6 heteroatoms. The molecule has 0 saturated carbocycles. The van der Waals surface area contributed by atoms with E-state index < -0.39 is 5.97 Å². The first-order valence-corrected chi connectivity index (χ1v) is 5.66. The quantitative estimate of drug-likeness (QED) is 0.754. The molecule has 2 rings (SSSR count). The molecule has 2 heterocycles. The van der Waals surface area contributed by atoms with Gasteiger partial charge in [-0.3, -0.25) is 0 Å². The van der Waals surface area contributed by atoms with Gasteiger partial charge in [-0.05, 0) is 13.0 Å². The van der Waals surface area contributed by atoms with Crippen molar-refractivity contribution >= 4 is 5.97 Å². The van der Waals surface area contributed by atoms with Gasteiger partial charge in [-0.25, -0.2) is 9.78 Å². The van der Waals surface area contributed by atoms with Crippen molar-refractivity contribution in [3.63, 3.8) is 0 Å². The first kappa shape index (κ1) is 12.4. The molecule has 18 heavy (non-hydrogen) atoms. The van der Waals surface area contributed by atoms with Crippen molar-refractivity contribution in [2.24, 2.45) is 0 Å². The van der Waals surface area contributed by atoms with Crippen LogP contribution in [-0.4, -0.2) is 27.2 Å². The van der Waals surface area contributed by atoms with E-state index in [9.17, 15) is 4.79 Å². The molecular formula is C12H15N3O3. The van der Waals surface area contributed by atoms with Crippen molar-refractivity contribution in [3.8, 4) is 0 Å². The fourth-order valence-corrected chi connectivity index (χ4v) is 1.68. The SMILES string of the molecule is Cc1oc(CNCCn2ccnc2)cc1C(=O)O. The molecule has 0 aromatic carbocycles. The summed E-state index contributed by atoms with van der Waals surface area (Å²) in [7, 11) is 0. The molecule has 0 spiro atoms. The van der Waals surface area contributed by atoms with E-state index in [1.807, 2.05) is 10.8 Å². The Bertz CT molecular complexity index is 517. The molecule has 0 unspecified atom stereocenters. The first-order chi connectivity index (χ1) is 8.66. The highest BCUT2D eigenvalue weighted by Gasteiger charge is 2.12. The lowest BCUT2D eigenvalue weighted by atomic mass is 10.2. The largest absolute Gasteiger partial charge is 0.478 e. The molecule has 0 bridgehead atoms. The Morgan fingerprint density at radius 3 is 3.06 bits per heavy atom. The number of carbonyl (C=O) groups is 1. The summed E-state index contributed by atoms with van der Waals surface area (Å²) in [6, 6.07) is 1.56. The van der Waals surface area contributed by atoms with Gasteiger partial charge in [0.2, 0.25) is 0 Å². The van der Waals surface area contributed by atoms with Crippen LogP contribution >= 0.6 is 0 Å². The fraction of sp³-hybridized carbons (Fsp3) is 0.333. The van der Waals surface area contributed by atoms with E-state index in [0.717, 1.165) is 13.1 Å². The Labute approximate surface area is 104 Å². The van der Waals surface area contributed by atoms with Crippen molar-refractivity contribution in [2.75, 3.05) is 6.54 Å². The molecule has 0 saturated heterocycles. The molecule has 0 aliphatic rings. The summed E-state index contributed by atoms with van der Waals surface area (Å²) in [5, 5.41) is 12.1. The molecular weight excluding hydrogens is 234 g/mol. The second-order valence-corrected chi connectivity index (χ2v) is 3.97. The molecule has 0 aliphatic carbocycles. The smallest absolute Gasteiger partial charge is 0.339 e. The summed E-state index contributed by atoms with van der Waals surface area (Å²) >= 11 is 0. The van der Waals surface area contributed by atoms with Crippen LogP contribution < -0.4 is 5.32 Å². The Kier molecular flexibility index (Phi) is 3.78. The van der Waals surface area contributed by atoms with Gasteiger partial charge in [-0.15, -0.1) is 0 Å². The van der Waals surface area contributed by atoms with E-state index in [0.29, 0.717) is 18.1 Å². The number of aromatic nitrogens is 2. The molecule has 2 N–H and O–H groups in total. The Morgan fingerprint density at radius 1 is 1.61 bits per heavy atom. The second-order valence-electron chi connectivity index (χ2n) is 3.97. The second kappa shape index (κ2) is 5.50. The highest BCUT2D eigenvalue weighted by atomic mass is 16.4. The lowest BCUT2D eigenvalue weighted by Gasteiger charge is -2.03. The van der Waals surface area contributed by atoms with Crippen molar-refractivity contribution in [1.82, 2.24) is 14.9 Å². The molecule has 6 nitrogen and oxygen atoms in total. The summed E-state index contributed by atoms with van der Waals surface area (Å²) in [6.45, 7) is 3.74. The minimum atomic E-state index is -0.957. The van der Waals surface area contributed by atoms with Crippen LogP contribution in [0.15, 0.2) is 29.2 Å². The number of rotatable bonds is 6. The van der Waals surface area contributed by atoms with Crippen LogP contribution in [-0.2, 0) is 13.1 Å². The van der Waals surface area contributed by atoms with Crippen LogP contribution in [0.2, 0.25) is 0 Å². The molecule has 2 aromatic heterocycles. The number of carboxylic acids is 1. The maximum Gasteiger partial charge on any atom is 0.339 e. The van der Waals surface area contributed by atoms with Crippen LogP contribution in [0, 0.1) is 6.92 Å². The average molecular weight is 249 g/mol. The monoisotopic (exact) mass is 249 g/mol. The van der Waals surface area contributed by atoms with Gasteiger partial charge in [0.15, 0.2) is 0 Å². The van der Waals surface area contributed by atoms with E-state index in [-0.39, 0.29) is 5.56 Å². The normalized spacial score (nSPS) is 10.7. The number of aromatic carboxylic acids is 1. The van der Waals surface area contributed by atoms with Gasteiger partial charge in [-0.2, -0.15) is 0 Å². The third-order valence-electron chi connectivity index (χ3n) is 2.60. The molecule has 0 amide bonds. The predicted octanol–water partition coefficient (Wildman–Crippen LogP) is 1.27. The van der Waals surface area contributed by atoms with Crippen molar-refractivity contribution in [1.29, 1.82) is 0 Å². The summed E-state index contributed by atoms with van der Waals surface area (Å²) in [5.41, 5.74) is 0.224. The van der Waals surface area contributed by atoms with E-state index in [1.165, 1.54) is 0 Å². The lowest BCUT2D eigenvalue weighted by Crippen LogP contribution is -2.18. The number of aryl methyl sites for hydroxylation is 1. The molecule has 2 aromatic rings. The van der Waals surface area contributed by atoms with Crippen LogP contribution in [0.5, 0.6) is 0 Å². The maximum absolute atomic E-state index is 10.8. The highest BCUT2D eigenvalue weighted by Crippen LogP contribution is 2.14. The zero-order valence-electron chi connectivity index (χ0n) is 10.1. The molecule has 0 aliphatic heterocycles. The van der Waals surface area contributed by atoms with Gasteiger partial charge in [-0.1, -0.05) is 0 Å². The summed E-state index contributed by atoms with van der Waals surface area (Å²) in [5.74, 6) is 0.116. The van der Waals surface area contributed by atoms with Gasteiger partial charge < -0.3 is 19.4 Å². The van der Waals surface area contributed by atoms with Gasteiger partial charge in [0.1, 0.15) is 17.1 Å². The fourth-order valence-electron chi connectivity index (χ4n) is 1.68. The number of hydrogen-bond donors (Lipinski definition) is 2. The van der Waals surface area contributed by atoms with Crippen molar-refractivity contribution < 1.29 is 14.3 Å². The van der Waals surface area contributed by atoms with Crippen molar-refractivity contribution in [3.05, 3.63) is 41.9 Å². The zero-order chi connectivity index (χ0) is 13.0. The number of nitrogens with one attached hydrogen (secondary N) is 1. The van der Waals surface area contributed by atoms with Crippen molar-refractivity contribution in [2.45, 2.75) is 20.0 Å². The van der Waals surface area contributed by atoms with E-state index in [2.05, 4.69) is 10.3 Å². The molecule has 0 radical (unpaired) electrons. The minimum absolute atomic E-state index is 0.224. The Balaban J connectivity index is 1.80. The predicted molar refractivity (Wildman–Crippen MR) is 64.3 cm³/mol. The van der Waals surface area contributed by atoms with Crippen LogP contribution in [0.1, 0.15) is 21.9 Å². The summed E-state index contributed by atoms with van der Waals surface area (Å²) < 4.78 is 7.31. The Hall–Kier alpha value is -2.08. The first-order valence-electron chi connectivity index (χ1n) is 5.66. The number of hydrogen-bond acceptors (Lipinski definition) is 4. The van der Waals surface area contributed by atoms with Gasteiger partial charge in [0.25, 0.3) is 0 Å². The summed E-state index contributed by atoms with van der Waals surface area (Å²) in [4.78, 5) is 14.8. The summed E-state index contributed by atoms with van der Waals surface area (Å²) in [6.07, 6.45) is 5.37. The number of carboxylic acid groups (broad SMARTS) is 1. The van der Waals surface area contributed by atoms with E-state index in [4.69, 9.17) is 9.52 Å². The maximum atomic E-state index is 10.8. The van der Waals surface area contributed by atoms with E-state index >= 15 is 0 Å². The van der Waals surface area contributed by atoms with E-state index in [1.54, 1.807) is 25.5 Å². The number of nitrogens with zero attached hydrogens (tertiary/aromatic N) is 2. The molecule has 0 atom stereocenters. The standard InChI is InChI=1S/C12H15N3O3/c1-9-11(12(16)17)6-10(18-9)7-13-2-4-15-5-3-14-8-15/h3,5-6,8,13H,2,4,7H2,1H3,(H,16,17). The number of furan rings is 1. The Morgan fingerprint density at radius 2 is 2.44 bits per heavy atom. The lowest BCUT2D eigenvalue weighted by molar-refractivity contribution is 0.0695. The molecule has 0 fully saturated rings. The zero-order valence-corrected chi connectivity index (χ0v) is 10.1. The third kappa shape index (κ3) is 2.98. The average Bonchev–Trinajstić information content (AvgIpc) is 2.94. The molecule has 96 valence electrons. The van der Waals surface area contributed by atoms with Gasteiger partial charge in [0.05, 0.1) is 12.9 Å². The van der Waals surface area contributed by atoms with Crippen LogP contribution in [0.25, 0.3) is 0 Å². The highest BCUT2D eigenvalue weighted by molar-refractivity contribution is 5.88. The van der Waals surface area contributed by atoms with Crippen LogP contribution in [0.4, 0.5) is 0 Å².